The highest BCUT2D eigenvalue weighted by Crippen LogP contribution is 2.45. The number of carbonyl (C=O) groups is 1. The third-order valence-corrected chi connectivity index (χ3v) is 5.60. The third kappa shape index (κ3) is 3.68. The van der Waals surface area contributed by atoms with E-state index in [9.17, 15) is 18.0 Å². The largest absolute Gasteiger partial charge is 0.573 e. The number of nitrogens with one attached hydrogen (secondary N) is 3. The van der Waals surface area contributed by atoms with E-state index in [2.05, 4.69) is 25.9 Å². The number of benzene rings is 2. The lowest BCUT2D eigenvalue weighted by Crippen LogP contribution is -2.55. The first-order valence-corrected chi connectivity index (χ1v) is 10.1. The highest BCUT2D eigenvalue weighted by atomic mass is 19.4. The number of para-hydroxylation sites is 1. The molecule has 3 heterocycles. The average Bonchev–Trinajstić information content (AvgIpc) is 2.72. The Balaban J connectivity index is 1.64. The van der Waals surface area contributed by atoms with Crippen molar-refractivity contribution in [1.29, 1.82) is 0 Å². The SMILES string of the molecule is CC1C(=O)NN=C2COc3cc(-c4ccccc4OC(F)(F)F)c(NC4CNC4)cc3N21. The Kier molecular flexibility index (Phi) is 4.85. The highest BCUT2D eigenvalue weighted by Gasteiger charge is 2.37. The molecule has 168 valence electrons. The summed E-state index contributed by atoms with van der Waals surface area (Å²) in [5.41, 5.74) is 4.48. The number of hydrazone groups is 1. The number of ether oxygens (including phenoxy) is 2. The van der Waals surface area contributed by atoms with Crippen molar-refractivity contribution in [2.24, 2.45) is 5.10 Å². The van der Waals surface area contributed by atoms with Crippen molar-refractivity contribution in [3.05, 3.63) is 36.4 Å². The van der Waals surface area contributed by atoms with Crippen LogP contribution in [0.15, 0.2) is 41.5 Å². The smallest absolute Gasteiger partial charge is 0.483 e. The Bertz CT molecular complexity index is 1100. The molecule has 0 aromatic heterocycles. The molecule has 0 bridgehead atoms. The minimum atomic E-state index is -4.83. The van der Waals surface area contributed by atoms with Crippen LogP contribution in [0.4, 0.5) is 24.5 Å². The predicted molar refractivity (Wildman–Crippen MR) is 112 cm³/mol. The lowest BCUT2D eigenvalue weighted by Gasteiger charge is -2.39. The summed E-state index contributed by atoms with van der Waals surface area (Å²) in [4.78, 5) is 14.0. The van der Waals surface area contributed by atoms with E-state index in [0.29, 0.717) is 28.5 Å². The van der Waals surface area contributed by atoms with Crippen molar-refractivity contribution in [3.63, 3.8) is 0 Å². The van der Waals surface area contributed by atoms with Crippen molar-refractivity contribution in [2.45, 2.75) is 25.4 Å². The predicted octanol–water partition coefficient (Wildman–Crippen LogP) is 2.67. The number of anilines is 2. The fourth-order valence-electron chi connectivity index (χ4n) is 3.93. The van der Waals surface area contributed by atoms with E-state index in [1.54, 1.807) is 36.1 Å². The molecule has 2 aromatic carbocycles. The zero-order valence-electron chi connectivity index (χ0n) is 17.0. The molecule has 1 amide bonds. The van der Waals surface area contributed by atoms with Crippen molar-refractivity contribution in [2.75, 3.05) is 29.9 Å². The van der Waals surface area contributed by atoms with Gasteiger partial charge in [-0.1, -0.05) is 18.2 Å². The molecule has 0 radical (unpaired) electrons. The van der Waals surface area contributed by atoms with Crippen LogP contribution < -0.4 is 30.4 Å². The molecule has 8 nitrogen and oxygen atoms in total. The average molecular weight is 447 g/mol. The summed E-state index contributed by atoms with van der Waals surface area (Å²) in [5.74, 6) is 0.430. The maximum Gasteiger partial charge on any atom is 0.573 e. The molecule has 3 aliphatic rings. The van der Waals surface area contributed by atoms with Crippen molar-refractivity contribution in [3.8, 4) is 22.6 Å². The zero-order chi connectivity index (χ0) is 22.5. The third-order valence-electron chi connectivity index (χ3n) is 5.60. The van der Waals surface area contributed by atoms with Crippen LogP contribution in [0.1, 0.15) is 6.92 Å². The Hall–Kier alpha value is -3.47. The van der Waals surface area contributed by atoms with E-state index in [-0.39, 0.29) is 29.9 Å². The summed E-state index contributed by atoms with van der Waals surface area (Å²) in [5, 5.41) is 10.6. The van der Waals surface area contributed by atoms with Crippen molar-refractivity contribution >= 4 is 23.1 Å². The maximum atomic E-state index is 13.0. The molecule has 5 rings (SSSR count). The molecule has 1 unspecified atom stereocenters. The minimum absolute atomic E-state index is 0.113. The summed E-state index contributed by atoms with van der Waals surface area (Å²) in [6.45, 7) is 3.32. The molecule has 3 N–H and O–H groups in total. The van der Waals surface area contributed by atoms with Crippen LogP contribution in [-0.2, 0) is 4.79 Å². The highest BCUT2D eigenvalue weighted by molar-refractivity contribution is 6.10. The first-order valence-electron chi connectivity index (χ1n) is 10.1. The van der Waals surface area contributed by atoms with Gasteiger partial charge < -0.3 is 25.0 Å². The fourth-order valence-corrected chi connectivity index (χ4v) is 3.93. The van der Waals surface area contributed by atoms with Gasteiger partial charge in [0.1, 0.15) is 24.1 Å². The second kappa shape index (κ2) is 7.59. The number of halogens is 3. The van der Waals surface area contributed by atoms with Gasteiger partial charge in [0, 0.05) is 29.9 Å². The Morgan fingerprint density at radius 3 is 2.72 bits per heavy atom. The molecule has 1 atom stereocenters. The molecule has 2 aromatic rings. The van der Waals surface area contributed by atoms with E-state index in [1.165, 1.54) is 12.1 Å². The Labute approximate surface area is 181 Å². The lowest BCUT2D eigenvalue weighted by atomic mass is 9.98. The summed E-state index contributed by atoms with van der Waals surface area (Å²) in [6.07, 6.45) is -4.83. The van der Waals surface area contributed by atoms with E-state index in [0.717, 1.165) is 13.1 Å². The second-order valence-electron chi connectivity index (χ2n) is 7.75. The van der Waals surface area contributed by atoms with E-state index in [4.69, 9.17) is 4.74 Å². The van der Waals surface area contributed by atoms with E-state index >= 15 is 0 Å². The van der Waals surface area contributed by atoms with Crippen LogP contribution >= 0.6 is 0 Å². The second-order valence-corrected chi connectivity index (χ2v) is 7.75. The van der Waals surface area contributed by atoms with Crippen LogP contribution in [0.3, 0.4) is 0 Å². The van der Waals surface area contributed by atoms with Gasteiger partial charge in [0.05, 0.1) is 11.7 Å². The number of nitrogens with zero attached hydrogens (tertiary/aromatic N) is 2. The molecule has 0 spiro atoms. The van der Waals surface area contributed by atoms with Gasteiger partial charge in [-0.15, -0.1) is 13.2 Å². The number of hydrogen-bond donors (Lipinski definition) is 3. The number of amidine groups is 1. The minimum Gasteiger partial charge on any atom is -0.483 e. The van der Waals surface area contributed by atoms with Crippen molar-refractivity contribution < 1.29 is 27.4 Å². The molecule has 1 fully saturated rings. The first kappa shape index (κ1) is 20.4. The summed E-state index contributed by atoms with van der Waals surface area (Å²) >= 11 is 0. The topological polar surface area (TPSA) is 87.2 Å². The zero-order valence-corrected chi connectivity index (χ0v) is 17.0. The van der Waals surface area contributed by atoms with Crippen LogP contribution in [0.5, 0.6) is 11.5 Å². The first-order chi connectivity index (χ1) is 15.3. The van der Waals surface area contributed by atoms with Crippen LogP contribution in [0.2, 0.25) is 0 Å². The van der Waals surface area contributed by atoms with Crippen LogP contribution in [0.25, 0.3) is 11.1 Å². The quantitative estimate of drug-likeness (QED) is 0.668. The summed E-state index contributed by atoms with van der Waals surface area (Å²) in [7, 11) is 0. The number of carbonyl (C=O) groups excluding carboxylic acids is 1. The summed E-state index contributed by atoms with van der Waals surface area (Å²) in [6, 6.07) is 9.04. The maximum absolute atomic E-state index is 13.0. The Morgan fingerprint density at radius 1 is 1.22 bits per heavy atom. The monoisotopic (exact) mass is 447 g/mol. The molecule has 32 heavy (non-hydrogen) atoms. The standard InChI is InChI=1S/C21H20F3N5O3/c1-11-20(30)28-27-19-10-31-18-6-14(13-4-2-3-5-17(13)32-21(22,23)24)15(7-16(18)29(11)19)26-12-8-25-9-12/h2-7,11-12,25-26H,8-10H2,1H3,(H,28,30). The van der Waals surface area contributed by atoms with Gasteiger partial charge in [0.25, 0.3) is 5.91 Å². The van der Waals surface area contributed by atoms with Gasteiger partial charge in [0.15, 0.2) is 5.84 Å². The van der Waals surface area contributed by atoms with E-state index < -0.39 is 12.4 Å². The molecule has 0 aliphatic carbocycles. The van der Waals surface area contributed by atoms with Gasteiger partial charge in [-0.2, -0.15) is 5.10 Å². The number of amides is 1. The number of alkyl halides is 3. The van der Waals surface area contributed by atoms with Crippen LogP contribution in [0, 0.1) is 0 Å². The summed E-state index contributed by atoms with van der Waals surface area (Å²) < 4.78 is 49.2. The number of fused-ring (bicyclic) bond motifs is 3. The number of rotatable bonds is 4. The molecule has 3 aliphatic heterocycles. The normalized spacial score (nSPS) is 20.2. The van der Waals surface area contributed by atoms with Crippen LogP contribution in [-0.4, -0.2) is 49.9 Å². The van der Waals surface area contributed by atoms with E-state index in [1.807, 2.05) is 0 Å². The van der Waals surface area contributed by atoms with Crippen molar-refractivity contribution in [1.82, 2.24) is 10.7 Å². The van der Waals surface area contributed by atoms with Gasteiger partial charge in [0.2, 0.25) is 0 Å². The molecule has 0 saturated carbocycles. The fraction of sp³-hybridized carbons (Fsp3) is 0.333. The molecule has 11 heteroatoms. The molecular formula is C21H20F3N5O3. The molecular weight excluding hydrogens is 427 g/mol. The van der Waals surface area contributed by atoms with Gasteiger partial charge in [-0.05, 0) is 25.1 Å². The van der Waals surface area contributed by atoms with Gasteiger partial charge >= 0.3 is 6.36 Å². The van der Waals surface area contributed by atoms with Gasteiger partial charge in [-0.3, -0.25) is 4.79 Å². The van der Waals surface area contributed by atoms with Gasteiger partial charge in [-0.25, -0.2) is 5.43 Å². The number of hydrogen-bond acceptors (Lipinski definition) is 7. The Morgan fingerprint density at radius 2 is 2.00 bits per heavy atom. The molecule has 1 saturated heterocycles. The lowest BCUT2D eigenvalue weighted by molar-refractivity contribution is -0.274.